The molecule has 1 aliphatic rings. The Morgan fingerprint density at radius 2 is 1.96 bits per heavy atom. The first-order valence-electron chi connectivity index (χ1n) is 9.04. The Morgan fingerprint density at radius 3 is 2.68 bits per heavy atom. The fourth-order valence-electron chi connectivity index (χ4n) is 3.27. The van der Waals surface area contributed by atoms with Gasteiger partial charge in [-0.1, -0.05) is 18.2 Å². The maximum Gasteiger partial charge on any atom is 0.355 e. The maximum atomic E-state index is 12.4. The Morgan fingerprint density at radius 1 is 1.21 bits per heavy atom. The van der Waals surface area contributed by atoms with E-state index in [2.05, 4.69) is 10.3 Å². The number of carbonyl (C=O) groups is 3. The number of carbonyl (C=O) groups excluding carboxylic acids is 3. The number of para-hydroxylation sites is 1. The number of aromatic amines is 1. The third-order valence-electron chi connectivity index (χ3n) is 4.70. The van der Waals surface area contributed by atoms with Gasteiger partial charge in [0.25, 0.3) is 5.91 Å². The van der Waals surface area contributed by atoms with Crippen LogP contribution in [0, 0.1) is 6.92 Å². The summed E-state index contributed by atoms with van der Waals surface area (Å²) in [5, 5.41) is 2.82. The fraction of sp³-hybridized carbons (Fsp3) is 0.286. The molecule has 0 saturated heterocycles. The van der Waals surface area contributed by atoms with Crippen LogP contribution in [0.25, 0.3) is 11.6 Å². The van der Waals surface area contributed by atoms with E-state index in [0.717, 1.165) is 16.8 Å². The second kappa shape index (κ2) is 8.12. The summed E-state index contributed by atoms with van der Waals surface area (Å²) < 4.78 is 9.83. The van der Waals surface area contributed by atoms with Crippen LogP contribution >= 0.6 is 0 Å². The zero-order valence-corrected chi connectivity index (χ0v) is 16.0. The normalized spacial score (nSPS) is 14.0. The lowest BCUT2D eigenvalue weighted by molar-refractivity contribution is -0.140. The second-order valence-electron chi connectivity index (χ2n) is 6.37. The van der Waals surface area contributed by atoms with Crippen molar-refractivity contribution in [3.63, 3.8) is 0 Å². The lowest BCUT2D eigenvalue weighted by Crippen LogP contribution is -2.07. The van der Waals surface area contributed by atoms with E-state index in [4.69, 9.17) is 9.47 Å². The van der Waals surface area contributed by atoms with Gasteiger partial charge in [-0.3, -0.25) is 9.59 Å². The smallest absolute Gasteiger partial charge is 0.355 e. The average Bonchev–Trinajstić information content (AvgIpc) is 3.17. The minimum absolute atomic E-state index is 0.163. The molecule has 1 aliphatic heterocycles. The standard InChI is InChI=1S/C21H22N2O5/c1-4-28-21(26)19-12(2)13(9-10-18(24)27-3)17(22-19)11-15-14-7-5-6-8-16(14)23-20(15)25/h5-8,11,22H,4,9-10H2,1-3H3,(H,23,25). The van der Waals surface area contributed by atoms with Crippen molar-refractivity contribution in [2.75, 3.05) is 19.0 Å². The van der Waals surface area contributed by atoms with Crippen LogP contribution < -0.4 is 5.32 Å². The van der Waals surface area contributed by atoms with Gasteiger partial charge in [-0.05, 0) is 43.5 Å². The molecule has 0 fully saturated rings. The summed E-state index contributed by atoms with van der Waals surface area (Å²) in [4.78, 5) is 39.4. The molecule has 7 heteroatoms. The zero-order valence-electron chi connectivity index (χ0n) is 16.0. The van der Waals surface area contributed by atoms with Gasteiger partial charge in [0.1, 0.15) is 5.69 Å². The number of amides is 1. The summed E-state index contributed by atoms with van der Waals surface area (Å²) in [6, 6.07) is 7.39. The lowest BCUT2D eigenvalue weighted by atomic mass is 10.0. The van der Waals surface area contributed by atoms with Crippen molar-refractivity contribution in [2.24, 2.45) is 0 Å². The Kier molecular flexibility index (Phi) is 5.63. The summed E-state index contributed by atoms with van der Waals surface area (Å²) in [5.41, 5.74) is 4.41. The summed E-state index contributed by atoms with van der Waals surface area (Å²) in [6.45, 7) is 3.78. The van der Waals surface area contributed by atoms with Gasteiger partial charge in [-0.25, -0.2) is 4.79 Å². The van der Waals surface area contributed by atoms with Crippen molar-refractivity contribution in [1.29, 1.82) is 0 Å². The number of fused-ring (bicyclic) bond motifs is 1. The number of anilines is 1. The first-order chi connectivity index (χ1) is 13.5. The van der Waals surface area contributed by atoms with Crippen LogP contribution in [0.2, 0.25) is 0 Å². The molecule has 1 aromatic heterocycles. The molecule has 0 atom stereocenters. The molecule has 0 bridgehead atoms. The van der Waals surface area contributed by atoms with Crippen molar-refractivity contribution in [1.82, 2.24) is 4.98 Å². The molecule has 3 rings (SSSR count). The van der Waals surface area contributed by atoms with Crippen molar-refractivity contribution >= 4 is 35.2 Å². The molecule has 0 radical (unpaired) electrons. The highest BCUT2D eigenvalue weighted by atomic mass is 16.5. The third kappa shape index (κ3) is 3.69. The predicted octanol–water partition coefficient (Wildman–Crippen LogP) is 3.10. The number of ether oxygens (including phenoxy) is 2. The Hall–Kier alpha value is -3.35. The molecule has 0 spiro atoms. The molecule has 28 heavy (non-hydrogen) atoms. The lowest BCUT2D eigenvalue weighted by Gasteiger charge is -2.04. The van der Waals surface area contributed by atoms with E-state index >= 15 is 0 Å². The van der Waals surface area contributed by atoms with E-state index < -0.39 is 5.97 Å². The van der Waals surface area contributed by atoms with Gasteiger partial charge in [0, 0.05) is 23.4 Å². The van der Waals surface area contributed by atoms with E-state index in [1.807, 2.05) is 24.3 Å². The number of hydrogen-bond donors (Lipinski definition) is 2. The van der Waals surface area contributed by atoms with Gasteiger partial charge in [0.05, 0.1) is 19.3 Å². The number of H-pyrrole nitrogens is 1. The van der Waals surface area contributed by atoms with Crippen molar-refractivity contribution in [3.8, 4) is 0 Å². The van der Waals surface area contributed by atoms with Gasteiger partial charge in [-0.2, -0.15) is 0 Å². The maximum absolute atomic E-state index is 12.4. The van der Waals surface area contributed by atoms with E-state index in [1.54, 1.807) is 19.9 Å². The van der Waals surface area contributed by atoms with Gasteiger partial charge in [0.15, 0.2) is 0 Å². The number of esters is 2. The van der Waals surface area contributed by atoms with Crippen molar-refractivity contribution in [3.05, 3.63) is 52.3 Å². The molecule has 7 nitrogen and oxygen atoms in total. The molecular weight excluding hydrogens is 360 g/mol. The molecule has 0 saturated carbocycles. The Balaban J connectivity index is 2.06. The quantitative estimate of drug-likeness (QED) is 0.591. The van der Waals surface area contributed by atoms with Gasteiger partial charge >= 0.3 is 11.9 Å². The van der Waals surface area contributed by atoms with Crippen LogP contribution in [0.1, 0.15) is 46.2 Å². The monoisotopic (exact) mass is 382 g/mol. The fourth-order valence-corrected chi connectivity index (χ4v) is 3.27. The summed E-state index contributed by atoms with van der Waals surface area (Å²) in [6.07, 6.45) is 2.25. The minimum atomic E-state index is -0.472. The van der Waals surface area contributed by atoms with Gasteiger partial charge < -0.3 is 19.8 Å². The van der Waals surface area contributed by atoms with Crippen LogP contribution in [-0.4, -0.2) is 36.5 Å². The molecule has 0 aliphatic carbocycles. The largest absolute Gasteiger partial charge is 0.469 e. The summed E-state index contributed by atoms with van der Waals surface area (Å²) in [5.74, 6) is -1.04. The van der Waals surface area contributed by atoms with Crippen LogP contribution in [-0.2, 0) is 25.5 Å². The number of methoxy groups -OCH3 is 1. The molecular formula is C21H22N2O5. The van der Waals surface area contributed by atoms with Gasteiger partial charge in [0.2, 0.25) is 0 Å². The zero-order chi connectivity index (χ0) is 20.3. The van der Waals surface area contributed by atoms with Crippen LogP contribution in [0.15, 0.2) is 24.3 Å². The number of benzene rings is 1. The predicted molar refractivity (Wildman–Crippen MR) is 105 cm³/mol. The molecule has 0 unspecified atom stereocenters. The third-order valence-corrected chi connectivity index (χ3v) is 4.70. The Labute approximate surface area is 162 Å². The highest BCUT2D eigenvalue weighted by molar-refractivity contribution is 6.34. The Bertz CT molecular complexity index is 971. The first kappa shape index (κ1) is 19.4. The van der Waals surface area contributed by atoms with Crippen LogP contribution in [0.3, 0.4) is 0 Å². The van der Waals surface area contributed by atoms with Crippen molar-refractivity contribution in [2.45, 2.75) is 26.7 Å². The van der Waals surface area contributed by atoms with E-state index in [1.165, 1.54) is 7.11 Å². The van der Waals surface area contributed by atoms with E-state index in [9.17, 15) is 14.4 Å². The molecule has 2 heterocycles. The highest BCUT2D eigenvalue weighted by Gasteiger charge is 2.26. The van der Waals surface area contributed by atoms with Gasteiger partial charge in [-0.15, -0.1) is 0 Å². The topological polar surface area (TPSA) is 97.5 Å². The minimum Gasteiger partial charge on any atom is -0.469 e. The molecule has 1 amide bonds. The molecule has 146 valence electrons. The second-order valence-corrected chi connectivity index (χ2v) is 6.37. The summed E-state index contributed by atoms with van der Waals surface area (Å²) in [7, 11) is 1.33. The van der Waals surface area contributed by atoms with Crippen molar-refractivity contribution < 1.29 is 23.9 Å². The molecule has 1 aromatic carbocycles. The van der Waals surface area contributed by atoms with E-state index in [0.29, 0.717) is 28.9 Å². The van der Waals surface area contributed by atoms with Crippen LogP contribution in [0.5, 0.6) is 0 Å². The van der Waals surface area contributed by atoms with Crippen LogP contribution in [0.4, 0.5) is 5.69 Å². The number of hydrogen-bond acceptors (Lipinski definition) is 5. The number of aromatic nitrogens is 1. The molecule has 2 N–H and O–H groups in total. The number of rotatable bonds is 6. The number of nitrogens with one attached hydrogen (secondary N) is 2. The van der Waals surface area contributed by atoms with E-state index in [-0.39, 0.29) is 24.9 Å². The highest BCUT2D eigenvalue weighted by Crippen LogP contribution is 2.34. The average molecular weight is 382 g/mol. The SMILES string of the molecule is CCOC(=O)c1[nH]c(C=C2C(=O)Nc3ccccc32)c(CCC(=O)OC)c1C. The summed E-state index contributed by atoms with van der Waals surface area (Å²) >= 11 is 0. The first-order valence-corrected chi connectivity index (χ1v) is 9.04. The molecule has 2 aromatic rings.